The molecule has 0 unspecified atom stereocenters. The van der Waals surface area contributed by atoms with Crippen molar-refractivity contribution < 1.29 is 5.11 Å². The predicted molar refractivity (Wildman–Crippen MR) is 73.8 cm³/mol. The summed E-state index contributed by atoms with van der Waals surface area (Å²) in [6, 6.07) is 9.73. The quantitative estimate of drug-likeness (QED) is 0.916. The molecule has 0 spiro atoms. The smallest absolute Gasteiger partial charge is 0.0702 e. The van der Waals surface area contributed by atoms with Crippen molar-refractivity contribution in [2.45, 2.75) is 13.2 Å². The summed E-state index contributed by atoms with van der Waals surface area (Å²) in [5.74, 6) is 0. The lowest BCUT2D eigenvalue weighted by atomic mass is 10.1. The van der Waals surface area contributed by atoms with Gasteiger partial charge in [0.05, 0.1) is 23.9 Å². The van der Waals surface area contributed by atoms with Gasteiger partial charge in [-0.3, -0.25) is 0 Å². The summed E-state index contributed by atoms with van der Waals surface area (Å²) >= 11 is 7.91. The Morgan fingerprint density at radius 1 is 1.29 bits per heavy atom. The summed E-state index contributed by atoms with van der Waals surface area (Å²) in [7, 11) is 1.99. The number of nitrogens with zero attached hydrogens (tertiary/aromatic N) is 1. The van der Waals surface area contributed by atoms with Crippen LogP contribution in [-0.2, 0) is 13.2 Å². The molecule has 2 nitrogen and oxygen atoms in total. The second-order valence-corrected chi connectivity index (χ2v) is 5.28. The van der Waals surface area contributed by atoms with Crippen molar-refractivity contribution in [1.82, 2.24) is 0 Å². The fraction of sp³-hybridized carbons (Fsp3) is 0.231. The molecule has 0 atom stereocenters. The highest BCUT2D eigenvalue weighted by Crippen LogP contribution is 2.30. The Hall–Kier alpha value is -1.03. The molecule has 1 aromatic carbocycles. The van der Waals surface area contributed by atoms with Gasteiger partial charge in [-0.05, 0) is 17.5 Å². The van der Waals surface area contributed by atoms with Crippen LogP contribution < -0.4 is 4.90 Å². The zero-order valence-electron chi connectivity index (χ0n) is 9.56. The Bertz CT molecular complexity index is 484. The van der Waals surface area contributed by atoms with Gasteiger partial charge in [-0.1, -0.05) is 29.8 Å². The molecule has 17 heavy (non-hydrogen) atoms. The van der Waals surface area contributed by atoms with Crippen LogP contribution in [0, 0.1) is 0 Å². The number of thiophene rings is 1. The van der Waals surface area contributed by atoms with Crippen molar-refractivity contribution >= 4 is 28.6 Å². The minimum absolute atomic E-state index is 0.00464. The van der Waals surface area contributed by atoms with E-state index in [1.165, 1.54) is 4.88 Å². The summed E-state index contributed by atoms with van der Waals surface area (Å²) in [5.41, 5.74) is 1.77. The van der Waals surface area contributed by atoms with Crippen molar-refractivity contribution in [1.29, 1.82) is 0 Å². The van der Waals surface area contributed by atoms with Crippen LogP contribution >= 0.6 is 22.9 Å². The molecule has 1 heterocycles. The summed E-state index contributed by atoms with van der Waals surface area (Å²) in [4.78, 5) is 3.34. The average molecular weight is 268 g/mol. The number of anilines is 1. The highest BCUT2D eigenvalue weighted by molar-refractivity contribution is 7.09. The number of aliphatic hydroxyl groups excluding tert-OH is 1. The Kier molecular flexibility index (Phi) is 4.05. The van der Waals surface area contributed by atoms with Gasteiger partial charge >= 0.3 is 0 Å². The molecule has 1 aromatic heterocycles. The van der Waals surface area contributed by atoms with E-state index >= 15 is 0 Å². The van der Waals surface area contributed by atoms with Gasteiger partial charge in [-0.25, -0.2) is 0 Å². The first-order valence-corrected chi connectivity index (χ1v) is 6.60. The lowest BCUT2D eigenvalue weighted by Crippen LogP contribution is -2.17. The fourth-order valence-electron chi connectivity index (χ4n) is 1.83. The summed E-state index contributed by atoms with van der Waals surface area (Å²) in [5, 5.41) is 12.1. The fourth-order valence-corrected chi connectivity index (χ4v) is 2.93. The minimum atomic E-state index is 0.00464. The highest BCUT2D eigenvalue weighted by atomic mass is 35.5. The molecule has 0 amide bonds. The van der Waals surface area contributed by atoms with Crippen LogP contribution in [0.4, 0.5) is 5.69 Å². The van der Waals surface area contributed by atoms with E-state index < -0.39 is 0 Å². The first-order valence-electron chi connectivity index (χ1n) is 5.34. The van der Waals surface area contributed by atoms with Gasteiger partial charge in [-0.2, -0.15) is 0 Å². The van der Waals surface area contributed by atoms with Crippen LogP contribution in [0.5, 0.6) is 0 Å². The van der Waals surface area contributed by atoms with Crippen molar-refractivity contribution in [3.63, 3.8) is 0 Å². The van der Waals surface area contributed by atoms with Gasteiger partial charge in [0.2, 0.25) is 0 Å². The maximum Gasteiger partial charge on any atom is 0.0702 e. The van der Waals surface area contributed by atoms with Gasteiger partial charge in [0, 0.05) is 17.5 Å². The van der Waals surface area contributed by atoms with Crippen LogP contribution in [0.3, 0.4) is 0 Å². The molecule has 0 radical (unpaired) electrons. The molecule has 2 rings (SSSR count). The second kappa shape index (κ2) is 5.54. The van der Waals surface area contributed by atoms with Crippen LogP contribution in [0.25, 0.3) is 0 Å². The molecule has 0 aliphatic heterocycles. The topological polar surface area (TPSA) is 23.5 Å². The van der Waals surface area contributed by atoms with Gasteiger partial charge in [-0.15, -0.1) is 11.3 Å². The van der Waals surface area contributed by atoms with Gasteiger partial charge in [0.15, 0.2) is 0 Å². The molecule has 0 bridgehead atoms. The molecular weight excluding hydrogens is 254 g/mol. The summed E-state index contributed by atoms with van der Waals surface area (Å²) in [6.45, 7) is 0.805. The van der Waals surface area contributed by atoms with Crippen LogP contribution in [0.2, 0.25) is 5.02 Å². The van der Waals surface area contributed by atoms with E-state index in [0.717, 1.165) is 17.8 Å². The van der Waals surface area contributed by atoms with Crippen molar-refractivity contribution in [2.24, 2.45) is 0 Å². The summed E-state index contributed by atoms with van der Waals surface area (Å²) < 4.78 is 0. The third-order valence-electron chi connectivity index (χ3n) is 2.60. The van der Waals surface area contributed by atoms with E-state index in [4.69, 9.17) is 11.6 Å². The maximum absolute atomic E-state index is 9.34. The second-order valence-electron chi connectivity index (χ2n) is 3.84. The minimum Gasteiger partial charge on any atom is -0.392 e. The first-order chi connectivity index (χ1) is 8.22. The van der Waals surface area contributed by atoms with E-state index in [9.17, 15) is 5.11 Å². The van der Waals surface area contributed by atoms with Crippen molar-refractivity contribution in [2.75, 3.05) is 11.9 Å². The van der Waals surface area contributed by atoms with Crippen molar-refractivity contribution in [3.8, 4) is 0 Å². The number of aliphatic hydroxyl groups is 1. The van der Waals surface area contributed by atoms with E-state index in [0.29, 0.717) is 5.02 Å². The Morgan fingerprint density at radius 3 is 2.76 bits per heavy atom. The largest absolute Gasteiger partial charge is 0.392 e. The number of benzene rings is 1. The zero-order chi connectivity index (χ0) is 12.3. The SMILES string of the molecule is CN(Cc1cccs1)c1c(Cl)cccc1CO. The molecule has 0 aliphatic rings. The number of rotatable bonds is 4. The van der Waals surface area contributed by atoms with Crippen molar-refractivity contribution in [3.05, 3.63) is 51.2 Å². The Morgan fingerprint density at radius 2 is 2.12 bits per heavy atom. The van der Waals surface area contributed by atoms with E-state index in [1.807, 2.05) is 31.3 Å². The van der Waals surface area contributed by atoms with Crippen LogP contribution in [0.1, 0.15) is 10.4 Å². The predicted octanol–water partition coefficient (Wildman–Crippen LogP) is 3.53. The molecule has 1 N–H and O–H groups in total. The average Bonchev–Trinajstić information content (AvgIpc) is 2.81. The lowest BCUT2D eigenvalue weighted by Gasteiger charge is -2.22. The normalized spacial score (nSPS) is 10.5. The molecular formula is C13H14ClNOS. The maximum atomic E-state index is 9.34. The molecule has 2 aromatic rings. The molecule has 90 valence electrons. The monoisotopic (exact) mass is 267 g/mol. The Labute approximate surface area is 110 Å². The number of halogens is 1. The molecule has 0 saturated heterocycles. The van der Waals surface area contributed by atoms with Gasteiger partial charge < -0.3 is 10.0 Å². The van der Waals surface area contributed by atoms with Gasteiger partial charge in [0.25, 0.3) is 0 Å². The van der Waals surface area contributed by atoms with E-state index in [2.05, 4.69) is 16.3 Å². The van der Waals surface area contributed by atoms with Crippen LogP contribution in [0.15, 0.2) is 35.7 Å². The van der Waals surface area contributed by atoms with Crippen LogP contribution in [-0.4, -0.2) is 12.2 Å². The molecule has 0 saturated carbocycles. The van der Waals surface area contributed by atoms with E-state index in [1.54, 1.807) is 11.3 Å². The Balaban J connectivity index is 2.26. The molecule has 4 heteroatoms. The molecule has 0 aliphatic carbocycles. The third kappa shape index (κ3) is 2.80. The lowest BCUT2D eigenvalue weighted by molar-refractivity contribution is 0.282. The first kappa shape index (κ1) is 12.4. The number of hydrogen-bond donors (Lipinski definition) is 1. The molecule has 0 fully saturated rings. The number of hydrogen-bond acceptors (Lipinski definition) is 3. The third-order valence-corrected chi connectivity index (χ3v) is 3.76. The standard InChI is InChI=1S/C13H14ClNOS/c1-15(8-11-5-3-7-17-11)13-10(9-16)4-2-6-12(13)14/h2-7,16H,8-9H2,1H3. The summed E-state index contributed by atoms with van der Waals surface area (Å²) in [6.07, 6.45) is 0. The van der Waals surface area contributed by atoms with Gasteiger partial charge in [0.1, 0.15) is 0 Å². The highest BCUT2D eigenvalue weighted by Gasteiger charge is 2.11. The zero-order valence-corrected chi connectivity index (χ0v) is 11.1. The number of para-hydroxylation sites is 1. The van der Waals surface area contributed by atoms with E-state index in [-0.39, 0.29) is 6.61 Å².